The van der Waals surface area contributed by atoms with E-state index in [2.05, 4.69) is 0 Å². The van der Waals surface area contributed by atoms with Crippen molar-refractivity contribution < 1.29 is 10.2 Å². The Labute approximate surface area is 98.1 Å². The van der Waals surface area contributed by atoms with Crippen LogP contribution in [0.15, 0.2) is 0 Å². The first kappa shape index (κ1) is 11.0. The van der Waals surface area contributed by atoms with Crippen LogP contribution in [-0.4, -0.2) is 21.4 Å². The zero-order valence-electron chi connectivity index (χ0n) is 10.1. The molecular formula is C14H24O2. The molecule has 0 aromatic heterocycles. The largest absolute Gasteiger partial charge is 0.387 e. The first-order valence-corrected chi connectivity index (χ1v) is 7.08. The summed E-state index contributed by atoms with van der Waals surface area (Å²) in [6.07, 6.45) is 10.8. The summed E-state index contributed by atoms with van der Waals surface area (Å²) >= 11 is 0. The van der Waals surface area contributed by atoms with E-state index in [1.165, 1.54) is 25.7 Å². The van der Waals surface area contributed by atoms with Gasteiger partial charge in [0.2, 0.25) is 0 Å². The highest BCUT2D eigenvalue weighted by Crippen LogP contribution is 2.54. The van der Waals surface area contributed by atoms with Gasteiger partial charge in [-0.15, -0.1) is 0 Å². The molecule has 0 amide bonds. The van der Waals surface area contributed by atoms with E-state index in [1.54, 1.807) is 0 Å². The molecule has 16 heavy (non-hydrogen) atoms. The Morgan fingerprint density at radius 2 is 1.12 bits per heavy atom. The molecule has 2 heteroatoms. The molecule has 0 aliphatic heterocycles. The van der Waals surface area contributed by atoms with Gasteiger partial charge in [0.1, 0.15) is 0 Å². The van der Waals surface area contributed by atoms with Gasteiger partial charge in [-0.05, 0) is 37.5 Å². The van der Waals surface area contributed by atoms with Crippen molar-refractivity contribution in [2.24, 2.45) is 11.8 Å². The van der Waals surface area contributed by atoms with Crippen LogP contribution in [0.2, 0.25) is 0 Å². The Morgan fingerprint density at radius 3 is 1.56 bits per heavy atom. The van der Waals surface area contributed by atoms with E-state index in [0.29, 0.717) is 11.8 Å². The second-order valence-electron chi connectivity index (χ2n) is 6.48. The summed E-state index contributed by atoms with van der Waals surface area (Å²) in [5.74, 6) is 1.38. The molecule has 3 fully saturated rings. The second-order valence-corrected chi connectivity index (χ2v) is 6.48. The van der Waals surface area contributed by atoms with E-state index >= 15 is 0 Å². The van der Waals surface area contributed by atoms with Crippen LogP contribution in [0.4, 0.5) is 0 Å². The van der Waals surface area contributed by atoms with E-state index in [1.807, 2.05) is 0 Å². The summed E-state index contributed by atoms with van der Waals surface area (Å²) in [5, 5.41) is 21.5. The minimum Gasteiger partial charge on any atom is -0.387 e. The van der Waals surface area contributed by atoms with E-state index in [4.69, 9.17) is 0 Å². The van der Waals surface area contributed by atoms with Gasteiger partial charge in [-0.25, -0.2) is 0 Å². The van der Waals surface area contributed by atoms with Gasteiger partial charge in [0.25, 0.3) is 0 Å². The molecule has 0 saturated heterocycles. The van der Waals surface area contributed by atoms with Gasteiger partial charge in [0.05, 0.1) is 11.2 Å². The Balaban J connectivity index is 1.84. The number of aliphatic hydroxyl groups is 2. The van der Waals surface area contributed by atoms with Crippen LogP contribution in [0.3, 0.4) is 0 Å². The van der Waals surface area contributed by atoms with Crippen molar-refractivity contribution in [1.82, 2.24) is 0 Å². The molecule has 3 saturated carbocycles. The molecule has 2 nitrogen and oxygen atoms in total. The second kappa shape index (κ2) is 3.71. The van der Waals surface area contributed by atoms with E-state index in [9.17, 15) is 10.2 Å². The highest BCUT2D eigenvalue weighted by atomic mass is 16.4. The normalized spacial score (nSPS) is 52.9. The summed E-state index contributed by atoms with van der Waals surface area (Å²) in [6.45, 7) is 0. The van der Waals surface area contributed by atoms with Crippen LogP contribution in [0.1, 0.15) is 64.2 Å². The maximum atomic E-state index is 10.7. The summed E-state index contributed by atoms with van der Waals surface area (Å²) in [6, 6.07) is 0. The number of hydrogen-bond donors (Lipinski definition) is 2. The van der Waals surface area contributed by atoms with E-state index < -0.39 is 11.2 Å². The molecule has 0 radical (unpaired) electrons. The molecule has 3 rings (SSSR count). The molecule has 0 spiro atoms. The predicted octanol–water partition coefficient (Wildman–Crippen LogP) is 2.62. The Morgan fingerprint density at radius 1 is 0.688 bits per heavy atom. The monoisotopic (exact) mass is 224 g/mol. The van der Waals surface area contributed by atoms with Crippen molar-refractivity contribution in [1.29, 1.82) is 0 Å². The first-order valence-electron chi connectivity index (χ1n) is 7.08. The molecule has 0 heterocycles. The molecule has 3 aliphatic rings. The van der Waals surface area contributed by atoms with Crippen molar-refractivity contribution in [3.05, 3.63) is 0 Å². The Bertz CT molecular complexity index is 250. The van der Waals surface area contributed by atoms with Gasteiger partial charge in [0, 0.05) is 0 Å². The number of hydrogen-bond acceptors (Lipinski definition) is 2. The average molecular weight is 224 g/mol. The minimum atomic E-state index is -0.746. The van der Waals surface area contributed by atoms with Crippen LogP contribution in [0, 0.1) is 11.8 Å². The number of fused-ring (bicyclic) bond motifs is 2. The fraction of sp³-hybridized carbons (Fsp3) is 1.00. The fourth-order valence-corrected chi connectivity index (χ4v) is 4.57. The number of rotatable bonds is 0. The molecule has 3 aliphatic carbocycles. The lowest BCUT2D eigenvalue weighted by Gasteiger charge is -2.56. The van der Waals surface area contributed by atoms with Gasteiger partial charge < -0.3 is 10.2 Å². The lowest BCUT2D eigenvalue weighted by Crippen LogP contribution is -2.62. The highest BCUT2D eigenvalue weighted by molar-refractivity contribution is 5.08. The van der Waals surface area contributed by atoms with Crippen LogP contribution in [0.25, 0.3) is 0 Å². The molecule has 4 atom stereocenters. The van der Waals surface area contributed by atoms with Gasteiger partial charge >= 0.3 is 0 Å². The Hall–Kier alpha value is -0.0800. The van der Waals surface area contributed by atoms with Crippen molar-refractivity contribution in [2.75, 3.05) is 0 Å². The van der Waals surface area contributed by atoms with Gasteiger partial charge in [-0.3, -0.25) is 0 Å². The topological polar surface area (TPSA) is 40.5 Å². The predicted molar refractivity (Wildman–Crippen MR) is 63.0 cm³/mol. The Kier molecular flexibility index (Phi) is 2.56. The molecule has 2 N–H and O–H groups in total. The quantitative estimate of drug-likeness (QED) is 0.664. The van der Waals surface area contributed by atoms with Crippen molar-refractivity contribution in [3.8, 4) is 0 Å². The highest BCUT2D eigenvalue weighted by Gasteiger charge is 2.56. The van der Waals surface area contributed by atoms with Crippen LogP contribution >= 0.6 is 0 Å². The van der Waals surface area contributed by atoms with E-state index in [0.717, 1.165) is 38.5 Å². The van der Waals surface area contributed by atoms with Gasteiger partial charge in [0.15, 0.2) is 0 Å². The standard InChI is InChI=1S/C14H24O2/c15-13-7-3-4-8-14(13,16)10-12-6-2-1-5-11(12)9-13/h11-12,15-16H,1-10H2/t11-,12+,13-,14+. The minimum absolute atomic E-state index is 0.692. The SMILES string of the molecule is O[C@@]12CCCC[C@]1(O)C[C@@H]1CCCC[C@@H]1C2. The summed E-state index contributed by atoms with van der Waals surface area (Å²) < 4.78 is 0. The molecular weight excluding hydrogens is 200 g/mol. The lowest BCUT2D eigenvalue weighted by atomic mass is 9.55. The van der Waals surface area contributed by atoms with Crippen molar-refractivity contribution in [3.63, 3.8) is 0 Å². The average Bonchev–Trinajstić information content (AvgIpc) is 2.26. The third-order valence-corrected chi connectivity index (χ3v) is 5.56. The summed E-state index contributed by atoms with van der Waals surface area (Å²) in [7, 11) is 0. The molecule has 0 bridgehead atoms. The maximum absolute atomic E-state index is 10.7. The lowest BCUT2D eigenvalue weighted by molar-refractivity contribution is -0.221. The van der Waals surface area contributed by atoms with Crippen LogP contribution in [0.5, 0.6) is 0 Å². The molecule has 0 aromatic carbocycles. The third kappa shape index (κ3) is 1.53. The summed E-state index contributed by atoms with van der Waals surface area (Å²) in [4.78, 5) is 0. The van der Waals surface area contributed by atoms with Gasteiger partial charge in [-0.1, -0.05) is 38.5 Å². The van der Waals surface area contributed by atoms with Crippen LogP contribution in [-0.2, 0) is 0 Å². The molecule has 0 aromatic rings. The zero-order chi connectivity index (χ0) is 11.2. The van der Waals surface area contributed by atoms with Crippen molar-refractivity contribution in [2.45, 2.75) is 75.4 Å². The smallest absolute Gasteiger partial charge is 0.0936 e. The summed E-state index contributed by atoms with van der Waals surface area (Å²) in [5.41, 5.74) is -1.49. The first-order chi connectivity index (χ1) is 7.63. The molecule has 0 unspecified atom stereocenters. The fourth-order valence-electron chi connectivity index (χ4n) is 4.57. The zero-order valence-corrected chi connectivity index (χ0v) is 10.1. The van der Waals surface area contributed by atoms with Gasteiger partial charge in [-0.2, -0.15) is 0 Å². The van der Waals surface area contributed by atoms with Crippen molar-refractivity contribution >= 4 is 0 Å². The maximum Gasteiger partial charge on any atom is 0.0936 e. The van der Waals surface area contributed by atoms with E-state index in [-0.39, 0.29) is 0 Å². The third-order valence-electron chi connectivity index (χ3n) is 5.56. The van der Waals surface area contributed by atoms with Crippen LogP contribution < -0.4 is 0 Å². The molecule has 92 valence electrons.